The van der Waals surface area contributed by atoms with Crippen molar-refractivity contribution in [3.05, 3.63) is 54.2 Å². The second-order valence-corrected chi connectivity index (χ2v) is 10.9. The number of amides is 1. The van der Waals surface area contributed by atoms with Crippen molar-refractivity contribution in [2.75, 3.05) is 24.6 Å². The highest BCUT2D eigenvalue weighted by atomic mass is 16.5. The monoisotopic (exact) mass is 445 g/mol. The maximum Gasteiger partial charge on any atom is 0.251 e. The highest BCUT2D eigenvalue weighted by Gasteiger charge is 2.46. The van der Waals surface area contributed by atoms with Crippen molar-refractivity contribution < 1.29 is 9.53 Å². The van der Waals surface area contributed by atoms with Gasteiger partial charge in [-0.1, -0.05) is 6.07 Å². The lowest BCUT2D eigenvalue weighted by Gasteiger charge is -2.27. The molecule has 0 radical (unpaired) electrons. The average molecular weight is 446 g/mol. The average Bonchev–Trinajstić information content (AvgIpc) is 3.42. The molecule has 1 aromatic heterocycles. The summed E-state index contributed by atoms with van der Waals surface area (Å²) in [5, 5.41) is 3.44. The summed E-state index contributed by atoms with van der Waals surface area (Å²) in [6, 6.07) is 14.3. The Morgan fingerprint density at radius 1 is 1.00 bits per heavy atom. The number of benzene rings is 1. The van der Waals surface area contributed by atoms with Crippen LogP contribution in [0, 0.1) is 29.6 Å². The van der Waals surface area contributed by atoms with Crippen LogP contribution in [0.1, 0.15) is 55.3 Å². The van der Waals surface area contributed by atoms with Gasteiger partial charge in [0.2, 0.25) is 5.88 Å². The molecule has 3 aliphatic carbocycles. The Hall–Kier alpha value is -2.56. The summed E-state index contributed by atoms with van der Waals surface area (Å²) < 4.78 is 5.85. The number of nitrogens with zero attached hydrogens (tertiary/aromatic N) is 2. The van der Waals surface area contributed by atoms with Crippen LogP contribution in [-0.4, -0.2) is 36.6 Å². The third-order valence-corrected chi connectivity index (χ3v) is 8.75. The Balaban J connectivity index is 1.03. The van der Waals surface area contributed by atoms with E-state index in [2.05, 4.69) is 27.3 Å². The van der Waals surface area contributed by atoms with Gasteiger partial charge in [0.25, 0.3) is 5.91 Å². The zero-order valence-corrected chi connectivity index (χ0v) is 19.4. The van der Waals surface area contributed by atoms with Gasteiger partial charge in [-0.05, 0) is 98.9 Å². The Labute approximate surface area is 196 Å². The van der Waals surface area contributed by atoms with E-state index in [0.717, 1.165) is 49.2 Å². The highest BCUT2D eigenvalue weighted by molar-refractivity contribution is 5.94. The zero-order valence-electron chi connectivity index (χ0n) is 19.4. The van der Waals surface area contributed by atoms with Gasteiger partial charge in [0.05, 0.1) is 6.61 Å². The predicted molar refractivity (Wildman–Crippen MR) is 129 cm³/mol. The molecule has 1 saturated heterocycles. The Morgan fingerprint density at radius 3 is 2.73 bits per heavy atom. The fourth-order valence-electron chi connectivity index (χ4n) is 7.19. The van der Waals surface area contributed by atoms with Crippen LogP contribution >= 0.6 is 0 Å². The van der Waals surface area contributed by atoms with Gasteiger partial charge in [-0.3, -0.25) is 4.79 Å². The molecular weight excluding hydrogens is 410 g/mol. The number of carbonyl (C=O) groups excluding carboxylic acids is 1. The van der Waals surface area contributed by atoms with Gasteiger partial charge < -0.3 is 15.0 Å². The van der Waals surface area contributed by atoms with E-state index in [4.69, 9.17) is 4.74 Å². The third-order valence-electron chi connectivity index (χ3n) is 8.75. The van der Waals surface area contributed by atoms with Gasteiger partial charge in [-0.25, -0.2) is 4.98 Å². The van der Waals surface area contributed by atoms with Crippen LogP contribution in [0.4, 0.5) is 5.69 Å². The second-order valence-electron chi connectivity index (χ2n) is 10.9. The van der Waals surface area contributed by atoms with E-state index in [1.165, 1.54) is 37.8 Å². The molecule has 6 unspecified atom stereocenters. The molecule has 4 aliphatic rings. The maximum atomic E-state index is 13.1. The molecular formula is C28H35N3O2. The van der Waals surface area contributed by atoms with Gasteiger partial charge in [0, 0.05) is 48.6 Å². The van der Waals surface area contributed by atoms with Crippen LogP contribution in [0.2, 0.25) is 0 Å². The summed E-state index contributed by atoms with van der Waals surface area (Å²) in [5.74, 6) is 4.71. The third kappa shape index (κ3) is 4.47. The van der Waals surface area contributed by atoms with Gasteiger partial charge in [-0.2, -0.15) is 0 Å². The number of fused-ring (bicyclic) bond motifs is 2. The smallest absolute Gasteiger partial charge is 0.251 e. The fraction of sp³-hybridized carbons (Fsp3) is 0.571. The topological polar surface area (TPSA) is 54.5 Å². The summed E-state index contributed by atoms with van der Waals surface area (Å²) in [6.07, 6.45) is 10.9. The molecule has 6 atom stereocenters. The maximum absolute atomic E-state index is 13.1. The van der Waals surface area contributed by atoms with Crippen LogP contribution in [-0.2, 0) is 0 Å². The summed E-state index contributed by atoms with van der Waals surface area (Å²) >= 11 is 0. The molecule has 3 bridgehead atoms. The normalized spacial score (nSPS) is 32.5. The lowest BCUT2D eigenvalue weighted by Crippen LogP contribution is -2.41. The second kappa shape index (κ2) is 9.00. The first-order chi connectivity index (χ1) is 16.2. The van der Waals surface area contributed by atoms with Crippen LogP contribution < -0.4 is 15.0 Å². The predicted octanol–water partition coefficient (Wildman–Crippen LogP) is 4.93. The summed E-state index contributed by atoms with van der Waals surface area (Å²) in [7, 11) is 0. The largest absolute Gasteiger partial charge is 0.477 e. The standard InChI is InChI=1S/C28H35N3O2/c32-28(30-26-9-4-19-13-21-15-23(14-19)25(26)16-21)22-5-7-24(8-6-22)31-12-10-20(17-31)18-33-27-3-1-2-11-29-27/h1-3,5-8,11,19-21,23,25-26H,4,9-10,12-18H2,(H,30,32). The van der Waals surface area contributed by atoms with Crippen LogP contribution in [0.15, 0.2) is 48.7 Å². The number of nitrogens with one attached hydrogen (secondary N) is 1. The molecule has 0 spiro atoms. The van der Waals surface area contributed by atoms with E-state index in [-0.39, 0.29) is 5.91 Å². The van der Waals surface area contributed by atoms with Crippen molar-refractivity contribution in [3.63, 3.8) is 0 Å². The molecule has 2 heterocycles. The van der Waals surface area contributed by atoms with Crippen molar-refractivity contribution in [3.8, 4) is 5.88 Å². The van der Waals surface area contributed by atoms with Crippen molar-refractivity contribution >= 4 is 11.6 Å². The van der Waals surface area contributed by atoms with E-state index in [9.17, 15) is 4.79 Å². The lowest BCUT2D eigenvalue weighted by molar-refractivity contribution is 0.0912. The molecule has 1 N–H and O–H groups in total. The number of ether oxygens (including phenoxy) is 1. The summed E-state index contributed by atoms with van der Waals surface area (Å²) in [4.78, 5) is 19.7. The molecule has 33 heavy (non-hydrogen) atoms. The van der Waals surface area contributed by atoms with Crippen molar-refractivity contribution in [2.24, 2.45) is 29.6 Å². The number of pyridine rings is 1. The van der Waals surface area contributed by atoms with Crippen molar-refractivity contribution in [1.82, 2.24) is 10.3 Å². The number of anilines is 1. The molecule has 5 heteroatoms. The van der Waals surface area contributed by atoms with Crippen LogP contribution in [0.5, 0.6) is 5.88 Å². The minimum absolute atomic E-state index is 0.107. The molecule has 2 aromatic rings. The Kier molecular flexibility index (Phi) is 5.73. The molecule has 3 saturated carbocycles. The van der Waals surface area contributed by atoms with Gasteiger partial charge >= 0.3 is 0 Å². The van der Waals surface area contributed by atoms with E-state index in [1.54, 1.807) is 6.20 Å². The number of hydrogen-bond acceptors (Lipinski definition) is 4. The number of aromatic nitrogens is 1. The minimum Gasteiger partial charge on any atom is -0.477 e. The van der Waals surface area contributed by atoms with Gasteiger partial charge in [-0.15, -0.1) is 0 Å². The Bertz CT molecular complexity index is 963. The first-order valence-corrected chi connectivity index (χ1v) is 12.9. The molecule has 5 nitrogen and oxygen atoms in total. The minimum atomic E-state index is 0.107. The zero-order chi connectivity index (χ0) is 22.2. The first kappa shape index (κ1) is 21.0. The number of hydrogen-bond donors (Lipinski definition) is 1. The number of rotatable bonds is 6. The van der Waals surface area contributed by atoms with Crippen molar-refractivity contribution in [1.29, 1.82) is 0 Å². The Morgan fingerprint density at radius 2 is 1.88 bits per heavy atom. The van der Waals surface area contributed by atoms with E-state index >= 15 is 0 Å². The first-order valence-electron chi connectivity index (χ1n) is 12.9. The summed E-state index contributed by atoms with van der Waals surface area (Å²) in [5.41, 5.74) is 1.98. The van der Waals surface area contributed by atoms with Crippen LogP contribution in [0.25, 0.3) is 0 Å². The van der Waals surface area contributed by atoms with E-state index in [1.807, 2.05) is 30.3 Å². The molecule has 6 rings (SSSR count). The van der Waals surface area contributed by atoms with E-state index in [0.29, 0.717) is 30.4 Å². The summed E-state index contributed by atoms with van der Waals surface area (Å²) in [6.45, 7) is 2.69. The lowest BCUT2D eigenvalue weighted by atomic mass is 9.80. The van der Waals surface area contributed by atoms with Gasteiger partial charge in [0.1, 0.15) is 0 Å². The molecule has 4 fully saturated rings. The molecule has 1 aromatic carbocycles. The fourth-order valence-corrected chi connectivity index (χ4v) is 7.19. The molecule has 1 aliphatic heterocycles. The molecule has 174 valence electrons. The van der Waals surface area contributed by atoms with Crippen molar-refractivity contribution in [2.45, 2.75) is 51.0 Å². The highest BCUT2D eigenvalue weighted by Crippen LogP contribution is 2.53. The van der Waals surface area contributed by atoms with E-state index < -0.39 is 0 Å². The van der Waals surface area contributed by atoms with Gasteiger partial charge in [0.15, 0.2) is 0 Å². The quantitative estimate of drug-likeness (QED) is 0.685. The SMILES string of the molecule is O=C(NC1CCC2CC3CC(C2)C1C3)c1ccc(N2CCC(COc3ccccn3)C2)cc1. The number of carbonyl (C=O) groups is 1. The van der Waals surface area contributed by atoms with Crippen LogP contribution in [0.3, 0.4) is 0 Å². The molecule has 1 amide bonds.